The van der Waals surface area contributed by atoms with Crippen LogP contribution < -0.4 is 5.32 Å². The molecule has 0 aliphatic rings. The molecule has 1 N–H and O–H groups in total. The molecule has 0 saturated heterocycles. The van der Waals surface area contributed by atoms with Gasteiger partial charge in [-0.15, -0.1) is 0 Å². The van der Waals surface area contributed by atoms with Crippen LogP contribution in [0.4, 0.5) is 5.69 Å². The molecule has 1 heterocycles. The lowest BCUT2D eigenvalue weighted by atomic mass is 10.1. The third kappa shape index (κ3) is 3.89. The second-order valence-corrected chi connectivity index (χ2v) is 4.68. The van der Waals surface area contributed by atoms with Gasteiger partial charge in [-0.2, -0.15) is 5.10 Å². The van der Waals surface area contributed by atoms with E-state index in [1.54, 1.807) is 25.3 Å². The summed E-state index contributed by atoms with van der Waals surface area (Å²) in [5.41, 5.74) is 1.81. The number of hydrogen-bond acceptors (Lipinski definition) is 4. The first-order valence-electron chi connectivity index (χ1n) is 6.59. The van der Waals surface area contributed by atoms with Gasteiger partial charge in [-0.25, -0.2) is 0 Å². The predicted octanol–water partition coefficient (Wildman–Crippen LogP) is 2.28. The maximum absolute atomic E-state index is 10.9. The van der Waals surface area contributed by atoms with E-state index < -0.39 is 0 Å². The van der Waals surface area contributed by atoms with Crippen LogP contribution >= 0.6 is 0 Å². The van der Waals surface area contributed by atoms with Gasteiger partial charge < -0.3 is 5.32 Å². The molecular formula is C14H18N4O2. The summed E-state index contributed by atoms with van der Waals surface area (Å²) in [6.45, 7) is 4.11. The van der Waals surface area contributed by atoms with E-state index in [1.807, 2.05) is 23.0 Å². The Kier molecular flexibility index (Phi) is 4.84. The van der Waals surface area contributed by atoms with E-state index in [4.69, 9.17) is 0 Å². The van der Waals surface area contributed by atoms with E-state index in [-0.39, 0.29) is 10.6 Å². The molecule has 1 aromatic heterocycles. The van der Waals surface area contributed by atoms with Gasteiger partial charge in [0.05, 0.1) is 4.92 Å². The number of nitrogens with one attached hydrogen (secondary N) is 1. The molecule has 0 aliphatic heterocycles. The van der Waals surface area contributed by atoms with E-state index >= 15 is 0 Å². The van der Waals surface area contributed by atoms with Crippen LogP contribution in [0.15, 0.2) is 36.7 Å². The van der Waals surface area contributed by atoms with Crippen molar-refractivity contribution in [2.75, 3.05) is 6.54 Å². The lowest BCUT2D eigenvalue weighted by molar-refractivity contribution is -0.385. The molecule has 0 unspecified atom stereocenters. The molecule has 0 atom stereocenters. The minimum absolute atomic E-state index is 0.181. The highest BCUT2D eigenvalue weighted by Crippen LogP contribution is 2.18. The van der Waals surface area contributed by atoms with Gasteiger partial charge in [-0.1, -0.05) is 12.1 Å². The number of aromatic nitrogens is 2. The van der Waals surface area contributed by atoms with Crippen molar-refractivity contribution in [1.29, 1.82) is 0 Å². The minimum Gasteiger partial charge on any atom is -0.313 e. The second kappa shape index (κ2) is 6.81. The van der Waals surface area contributed by atoms with Crippen molar-refractivity contribution < 1.29 is 4.92 Å². The van der Waals surface area contributed by atoms with Crippen LogP contribution in [0.1, 0.15) is 17.5 Å². The Bertz CT molecular complexity index is 567. The SMILES string of the molecule is Cc1ccc(CNCCCn2cccn2)cc1[N+](=O)[O-]. The molecule has 0 aliphatic carbocycles. The van der Waals surface area contributed by atoms with Gasteiger partial charge in [0, 0.05) is 37.1 Å². The molecule has 2 aromatic rings. The summed E-state index contributed by atoms with van der Waals surface area (Å²) < 4.78 is 1.89. The van der Waals surface area contributed by atoms with E-state index in [0.717, 1.165) is 25.1 Å². The summed E-state index contributed by atoms with van der Waals surface area (Å²) in [7, 11) is 0. The molecule has 1 aromatic carbocycles. The molecule has 106 valence electrons. The van der Waals surface area contributed by atoms with Crippen molar-refractivity contribution >= 4 is 5.69 Å². The molecule has 2 rings (SSSR count). The first-order valence-corrected chi connectivity index (χ1v) is 6.59. The standard InChI is InChI=1S/C14H18N4O2/c1-12-4-5-13(10-14(12)18(19)20)11-15-6-2-8-17-9-3-7-16-17/h3-5,7,9-10,15H,2,6,8,11H2,1H3. The number of nitro groups is 1. The fourth-order valence-electron chi connectivity index (χ4n) is 1.99. The average molecular weight is 274 g/mol. The van der Waals surface area contributed by atoms with E-state index in [1.165, 1.54) is 0 Å². The maximum Gasteiger partial charge on any atom is 0.272 e. The van der Waals surface area contributed by atoms with Crippen LogP contribution in [0, 0.1) is 17.0 Å². The molecule has 0 radical (unpaired) electrons. The van der Waals surface area contributed by atoms with Gasteiger partial charge in [-0.3, -0.25) is 14.8 Å². The highest BCUT2D eigenvalue weighted by Gasteiger charge is 2.10. The van der Waals surface area contributed by atoms with Gasteiger partial charge >= 0.3 is 0 Å². The van der Waals surface area contributed by atoms with Crippen molar-refractivity contribution in [3.63, 3.8) is 0 Å². The lowest BCUT2D eigenvalue weighted by Gasteiger charge is -2.06. The quantitative estimate of drug-likeness (QED) is 0.477. The first-order chi connectivity index (χ1) is 9.66. The van der Waals surface area contributed by atoms with E-state index in [9.17, 15) is 10.1 Å². The molecule has 20 heavy (non-hydrogen) atoms. The Balaban J connectivity index is 1.76. The maximum atomic E-state index is 10.9. The van der Waals surface area contributed by atoms with Gasteiger partial charge in [-0.05, 0) is 31.5 Å². The highest BCUT2D eigenvalue weighted by molar-refractivity contribution is 5.42. The van der Waals surface area contributed by atoms with Crippen LogP contribution in [0.5, 0.6) is 0 Å². The molecule has 0 spiro atoms. The van der Waals surface area contributed by atoms with Crippen LogP contribution in [0.3, 0.4) is 0 Å². The summed E-state index contributed by atoms with van der Waals surface area (Å²) in [6.07, 6.45) is 4.66. The second-order valence-electron chi connectivity index (χ2n) is 4.68. The number of aryl methyl sites for hydroxylation is 2. The highest BCUT2D eigenvalue weighted by atomic mass is 16.6. The normalized spacial score (nSPS) is 10.7. The van der Waals surface area contributed by atoms with Crippen molar-refractivity contribution in [3.8, 4) is 0 Å². The van der Waals surface area contributed by atoms with Crippen LogP contribution in [0.25, 0.3) is 0 Å². The molecule has 6 nitrogen and oxygen atoms in total. The number of nitro benzene ring substituents is 1. The average Bonchev–Trinajstić information content (AvgIpc) is 2.93. The molecule has 0 fully saturated rings. The Morgan fingerprint density at radius 2 is 2.30 bits per heavy atom. The zero-order valence-corrected chi connectivity index (χ0v) is 11.5. The Hall–Kier alpha value is -2.21. The van der Waals surface area contributed by atoms with Crippen LogP contribution in [0.2, 0.25) is 0 Å². The van der Waals surface area contributed by atoms with E-state index in [2.05, 4.69) is 10.4 Å². The van der Waals surface area contributed by atoms with Crippen molar-refractivity contribution in [1.82, 2.24) is 15.1 Å². The summed E-state index contributed by atoms with van der Waals surface area (Å²) in [4.78, 5) is 10.5. The zero-order chi connectivity index (χ0) is 14.4. The van der Waals surface area contributed by atoms with Gasteiger partial charge in [0.2, 0.25) is 0 Å². The lowest BCUT2D eigenvalue weighted by Crippen LogP contribution is -2.16. The number of nitrogens with zero attached hydrogens (tertiary/aromatic N) is 3. The topological polar surface area (TPSA) is 73.0 Å². The summed E-state index contributed by atoms with van der Waals surface area (Å²) in [5, 5.41) is 18.3. The van der Waals surface area contributed by atoms with Crippen molar-refractivity contribution in [3.05, 3.63) is 57.9 Å². The number of hydrogen-bond donors (Lipinski definition) is 1. The van der Waals surface area contributed by atoms with Gasteiger partial charge in [0.1, 0.15) is 0 Å². The molecule has 0 bridgehead atoms. The monoisotopic (exact) mass is 274 g/mol. The Morgan fingerprint density at radius 1 is 1.45 bits per heavy atom. The third-order valence-electron chi connectivity index (χ3n) is 3.10. The van der Waals surface area contributed by atoms with Crippen molar-refractivity contribution in [2.45, 2.75) is 26.4 Å². The molecule has 0 saturated carbocycles. The number of rotatable bonds is 7. The molecule has 6 heteroatoms. The first kappa shape index (κ1) is 14.2. The summed E-state index contributed by atoms with van der Waals surface area (Å²) in [5.74, 6) is 0. The van der Waals surface area contributed by atoms with Crippen LogP contribution in [-0.2, 0) is 13.1 Å². The molecular weight excluding hydrogens is 256 g/mol. The largest absolute Gasteiger partial charge is 0.313 e. The third-order valence-corrected chi connectivity index (χ3v) is 3.10. The fourth-order valence-corrected chi connectivity index (χ4v) is 1.99. The molecule has 0 amide bonds. The smallest absolute Gasteiger partial charge is 0.272 e. The Labute approximate surface area is 117 Å². The van der Waals surface area contributed by atoms with Gasteiger partial charge in [0.25, 0.3) is 5.69 Å². The number of benzene rings is 1. The van der Waals surface area contributed by atoms with Crippen molar-refractivity contribution in [2.24, 2.45) is 0 Å². The zero-order valence-electron chi connectivity index (χ0n) is 11.5. The minimum atomic E-state index is -0.337. The summed E-state index contributed by atoms with van der Waals surface area (Å²) in [6, 6.07) is 7.25. The van der Waals surface area contributed by atoms with Gasteiger partial charge in [0.15, 0.2) is 0 Å². The van der Waals surface area contributed by atoms with Crippen LogP contribution in [-0.4, -0.2) is 21.2 Å². The Morgan fingerprint density at radius 3 is 3.00 bits per heavy atom. The summed E-state index contributed by atoms with van der Waals surface area (Å²) >= 11 is 0. The predicted molar refractivity (Wildman–Crippen MR) is 76.4 cm³/mol. The fraction of sp³-hybridized carbons (Fsp3) is 0.357. The van der Waals surface area contributed by atoms with E-state index in [0.29, 0.717) is 12.1 Å².